The maximum atomic E-state index is 13.9. The van der Waals surface area contributed by atoms with Gasteiger partial charge < -0.3 is 15.1 Å². The van der Waals surface area contributed by atoms with E-state index in [9.17, 15) is 9.18 Å². The largest absolute Gasteiger partial charge is 0.366 e. The smallest absolute Gasteiger partial charge is 0.224 e. The zero-order valence-electron chi connectivity index (χ0n) is 13.7. The Balaban J connectivity index is 1.60. The zero-order chi connectivity index (χ0) is 16.9. The number of rotatable bonds is 4. The van der Waals surface area contributed by atoms with Crippen molar-refractivity contribution in [1.82, 2.24) is 4.98 Å². The highest BCUT2D eigenvalue weighted by atomic mass is 19.1. The van der Waals surface area contributed by atoms with E-state index in [0.717, 1.165) is 32.0 Å². The van der Waals surface area contributed by atoms with Gasteiger partial charge in [0.2, 0.25) is 5.91 Å². The van der Waals surface area contributed by atoms with Gasteiger partial charge in [-0.15, -0.1) is 0 Å². The Bertz CT molecular complexity index is 696. The van der Waals surface area contributed by atoms with Crippen LogP contribution < -0.4 is 15.1 Å². The summed E-state index contributed by atoms with van der Waals surface area (Å²) >= 11 is 0. The van der Waals surface area contributed by atoms with E-state index in [1.807, 2.05) is 31.2 Å². The molecule has 3 rings (SSSR count). The molecule has 0 atom stereocenters. The minimum absolute atomic E-state index is 0.0250. The molecule has 0 saturated carbocycles. The van der Waals surface area contributed by atoms with Crippen LogP contribution in [0.2, 0.25) is 0 Å². The van der Waals surface area contributed by atoms with Crippen LogP contribution in [-0.2, 0) is 4.79 Å². The Morgan fingerprint density at radius 3 is 2.46 bits per heavy atom. The summed E-state index contributed by atoms with van der Waals surface area (Å²) in [5.74, 6) is 0.667. The fourth-order valence-corrected chi connectivity index (χ4v) is 2.78. The molecule has 0 radical (unpaired) electrons. The number of pyridine rings is 1. The SMILES string of the molecule is CCC(=O)Nc1ccc(N2CCN(c3ccccc3F)CC2)nc1. The van der Waals surface area contributed by atoms with Gasteiger partial charge in [-0.2, -0.15) is 0 Å². The highest BCUT2D eigenvalue weighted by molar-refractivity contribution is 5.90. The second-order valence-corrected chi connectivity index (χ2v) is 5.73. The topological polar surface area (TPSA) is 48.5 Å². The van der Waals surface area contributed by atoms with Crippen LogP contribution in [0.3, 0.4) is 0 Å². The molecule has 1 saturated heterocycles. The van der Waals surface area contributed by atoms with Crippen LogP contribution in [0.1, 0.15) is 13.3 Å². The molecule has 0 spiro atoms. The van der Waals surface area contributed by atoms with E-state index < -0.39 is 0 Å². The van der Waals surface area contributed by atoms with Crippen LogP contribution in [0.25, 0.3) is 0 Å². The molecule has 1 aliphatic heterocycles. The van der Waals surface area contributed by atoms with Crippen LogP contribution in [0.4, 0.5) is 21.6 Å². The second-order valence-electron chi connectivity index (χ2n) is 5.73. The summed E-state index contributed by atoms with van der Waals surface area (Å²) in [6, 6.07) is 10.6. The fourth-order valence-electron chi connectivity index (χ4n) is 2.78. The molecular weight excluding hydrogens is 307 g/mol. The number of nitrogens with zero attached hydrogens (tertiary/aromatic N) is 3. The lowest BCUT2D eigenvalue weighted by atomic mass is 10.2. The Morgan fingerprint density at radius 2 is 1.83 bits per heavy atom. The first-order chi connectivity index (χ1) is 11.7. The molecule has 5 nitrogen and oxygen atoms in total. The first kappa shape index (κ1) is 16.2. The summed E-state index contributed by atoms with van der Waals surface area (Å²) < 4.78 is 13.9. The third kappa shape index (κ3) is 3.64. The van der Waals surface area contributed by atoms with Crippen LogP contribution in [-0.4, -0.2) is 37.1 Å². The van der Waals surface area contributed by atoms with Crippen molar-refractivity contribution in [3.05, 3.63) is 48.4 Å². The Labute approximate surface area is 141 Å². The summed E-state index contributed by atoms with van der Waals surface area (Å²) in [5.41, 5.74) is 1.36. The lowest BCUT2D eigenvalue weighted by molar-refractivity contribution is -0.115. The standard InChI is InChI=1S/C18H21FN4O/c1-2-18(24)21-14-7-8-17(20-13-14)23-11-9-22(10-12-23)16-6-4-3-5-15(16)19/h3-8,13H,2,9-12H2,1H3,(H,21,24). The fraction of sp³-hybridized carbons (Fsp3) is 0.333. The van der Waals surface area contributed by atoms with Crippen molar-refractivity contribution in [2.75, 3.05) is 41.3 Å². The number of carbonyl (C=O) groups is 1. The summed E-state index contributed by atoms with van der Waals surface area (Å²) in [5, 5.41) is 2.79. The van der Waals surface area contributed by atoms with Crippen LogP contribution in [0, 0.1) is 5.82 Å². The van der Waals surface area contributed by atoms with Crippen molar-refractivity contribution in [3.63, 3.8) is 0 Å². The van der Waals surface area contributed by atoms with Crippen LogP contribution in [0.5, 0.6) is 0 Å². The average molecular weight is 328 g/mol. The Hall–Kier alpha value is -2.63. The number of carbonyl (C=O) groups excluding carboxylic acids is 1. The van der Waals surface area contributed by atoms with Gasteiger partial charge in [0.25, 0.3) is 0 Å². The van der Waals surface area contributed by atoms with E-state index in [1.165, 1.54) is 6.07 Å². The minimum atomic E-state index is -0.180. The molecule has 24 heavy (non-hydrogen) atoms. The van der Waals surface area contributed by atoms with Crippen LogP contribution >= 0.6 is 0 Å². The lowest BCUT2D eigenvalue weighted by Gasteiger charge is -2.36. The third-order valence-corrected chi connectivity index (χ3v) is 4.15. The van der Waals surface area contributed by atoms with Gasteiger partial charge in [0.05, 0.1) is 17.6 Å². The number of benzene rings is 1. The molecule has 1 fully saturated rings. The van der Waals surface area contributed by atoms with Gasteiger partial charge in [-0.3, -0.25) is 4.79 Å². The molecular formula is C18H21FN4O. The molecule has 0 unspecified atom stereocenters. The highest BCUT2D eigenvalue weighted by Crippen LogP contribution is 2.22. The normalized spacial score (nSPS) is 14.6. The summed E-state index contributed by atoms with van der Waals surface area (Å²) in [7, 11) is 0. The van der Waals surface area contributed by atoms with Gasteiger partial charge in [0.1, 0.15) is 11.6 Å². The molecule has 1 aromatic heterocycles. The van der Waals surface area contributed by atoms with Gasteiger partial charge in [-0.1, -0.05) is 19.1 Å². The average Bonchev–Trinajstić information content (AvgIpc) is 2.63. The number of para-hydroxylation sites is 1. The number of anilines is 3. The Morgan fingerprint density at radius 1 is 1.12 bits per heavy atom. The number of amides is 1. The van der Waals surface area contributed by atoms with Crippen molar-refractivity contribution in [2.24, 2.45) is 0 Å². The van der Waals surface area contributed by atoms with Crippen molar-refractivity contribution >= 4 is 23.1 Å². The zero-order valence-corrected chi connectivity index (χ0v) is 13.7. The number of nitrogens with one attached hydrogen (secondary N) is 1. The maximum Gasteiger partial charge on any atom is 0.224 e. The first-order valence-corrected chi connectivity index (χ1v) is 8.17. The summed E-state index contributed by atoms with van der Waals surface area (Å²) in [6.07, 6.45) is 2.12. The highest BCUT2D eigenvalue weighted by Gasteiger charge is 2.20. The number of hydrogen-bond acceptors (Lipinski definition) is 4. The third-order valence-electron chi connectivity index (χ3n) is 4.15. The molecule has 0 aliphatic carbocycles. The number of aromatic nitrogens is 1. The van der Waals surface area contributed by atoms with Gasteiger partial charge in [-0.05, 0) is 24.3 Å². The molecule has 2 heterocycles. The predicted octanol–water partition coefficient (Wildman–Crippen LogP) is 2.90. The number of halogens is 1. The molecule has 2 aromatic rings. The summed E-state index contributed by atoms with van der Waals surface area (Å²) in [6.45, 7) is 4.87. The number of piperazine rings is 1. The predicted molar refractivity (Wildman–Crippen MR) is 94.0 cm³/mol. The minimum Gasteiger partial charge on any atom is -0.366 e. The lowest BCUT2D eigenvalue weighted by Crippen LogP contribution is -2.47. The van der Waals surface area contributed by atoms with E-state index in [2.05, 4.69) is 20.1 Å². The van der Waals surface area contributed by atoms with E-state index in [4.69, 9.17) is 0 Å². The van der Waals surface area contributed by atoms with E-state index in [-0.39, 0.29) is 11.7 Å². The monoisotopic (exact) mass is 328 g/mol. The van der Waals surface area contributed by atoms with E-state index in [0.29, 0.717) is 17.8 Å². The van der Waals surface area contributed by atoms with Crippen molar-refractivity contribution in [3.8, 4) is 0 Å². The second kappa shape index (κ2) is 7.29. The summed E-state index contributed by atoms with van der Waals surface area (Å²) in [4.78, 5) is 20.0. The van der Waals surface area contributed by atoms with Gasteiger partial charge in [-0.25, -0.2) is 9.37 Å². The molecule has 1 amide bonds. The van der Waals surface area contributed by atoms with E-state index in [1.54, 1.807) is 12.3 Å². The van der Waals surface area contributed by atoms with Gasteiger partial charge in [0, 0.05) is 32.6 Å². The van der Waals surface area contributed by atoms with Gasteiger partial charge in [0.15, 0.2) is 0 Å². The number of hydrogen-bond donors (Lipinski definition) is 1. The Kier molecular flexibility index (Phi) is 4.93. The first-order valence-electron chi connectivity index (χ1n) is 8.17. The van der Waals surface area contributed by atoms with Gasteiger partial charge >= 0.3 is 0 Å². The molecule has 126 valence electrons. The van der Waals surface area contributed by atoms with Crippen molar-refractivity contribution in [2.45, 2.75) is 13.3 Å². The quantitative estimate of drug-likeness (QED) is 0.937. The molecule has 1 aromatic carbocycles. The molecule has 0 bridgehead atoms. The van der Waals surface area contributed by atoms with Crippen LogP contribution in [0.15, 0.2) is 42.6 Å². The van der Waals surface area contributed by atoms with Crippen molar-refractivity contribution in [1.29, 1.82) is 0 Å². The molecule has 6 heteroatoms. The molecule has 1 aliphatic rings. The molecule has 1 N–H and O–H groups in total. The van der Waals surface area contributed by atoms with Crippen molar-refractivity contribution < 1.29 is 9.18 Å². The maximum absolute atomic E-state index is 13.9. The van der Waals surface area contributed by atoms with E-state index >= 15 is 0 Å².